The summed E-state index contributed by atoms with van der Waals surface area (Å²) in [6.07, 6.45) is 1.78. The summed E-state index contributed by atoms with van der Waals surface area (Å²) in [6.45, 7) is 7.02. The summed E-state index contributed by atoms with van der Waals surface area (Å²) in [6, 6.07) is 7.15. The number of carbonyl (C=O) groups excluding carboxylic acids is 1. The predicted octanol–water partition coefficient (Wildman–Crippen LogP) is 1.67. The number of nitrogens with one attached hydrogen (secondary N) is 2. The third kappa shape index (κ3) is 4.53. The fourth-order valence-electron chi connectivity index (χ4n) is 2.33. The van der Waals surface area contributed by atoms with Gasteiger partial charge in [-0.3, -0.25) is 4.79 Å². The molecular weight excluding hydrogens is 346 g/mol. The number of likely N-dealkylation sites (N-methyl/N-ethyl adjacent to an activating group) is 1. The fraction of sp³-hybridized carbons (Fsp3) is 0.312. The Balaban J connectivity index is 1.98. The third-order valence-electron chi connectivity index (χ3n) is 3.45. The molecule has 0 fully saturated rings. The van der Waals surface area contributed by atoms with Crippen LogP contribution in [0.25, 0.3) is 0 Å². The molecule has 1 amide bonds. The van der Waals surface area contributed by atoms with E-state index in [0.29, 0.717) is 28.7 Å². The topological polar surface area (TPSA) is 56.3 Å². The number of benzene rings is 1. The molecule has 128 valence electrons. The van der Waals surface area contributed by atoms with Crippen molar-refractivity contribution >= 4 is 35.4 Å². The molecular formula is C16H21ClN5OS+. The van der Waals surface area contributed by atoms with Crippen molar-refractivity contribution in [3.63, 3.8) is 0 Å². The highest BCUT2D eigenvalue weighted by Crippen LogP contribution is 2.19. The molecule has 1 heterocycles. The maximum Gasteiger partial charge on any atom is 0.279 e. The van der Waals surface area contributed by atoms with E-state index in [1.807, 2.05) is 30.7 Å². The third-order valence-corrected chi connectivity index (χ3v) is 4.21. The first-order chi connectivity index (χ1) is 11.4. The highest BCUT2D eigenvalue weighted by atomic mass is 35.5. The highest BCUT2D eigenvalue weighted by molar-refractivity contribution is 7.71. The molecule has 0 aliphatic heterocycles. The Labute approximate surface area is 151 Å². The van der Waals surface area contributed by atoms with Gasteiger partial charge in [0.05, 0.1) is 17.8 Å². The quantitative estimate of drug-likeness (QED) is 0.579. The number of quaternary nitrogens is 1. The molecule has 1 aromatic heterocycles. The lowest BCUT2D eigenvalue weighted by molar-refractivity contribution is -0.895. The number of nitrogens with zero attached hydrogens (tertiary/aromatic N) is 3. The molecule has 2 N–H and O–H groups in total. The van der Waals surface area contributed by atoms with Gasteiger partial charge < -0.3 is 14.8 Å². The van der Waals surface area contributed by atoms with Gasteiger partial charge in [0.25, 0.3) is 5.91 Å². The van der Waals surface area contributed by atoms with Crippen LogP contribution in [0.3, 0.4) is 0 Å². The largest absolute Gasteiger partial charge is 0.320 e. The summed E-state index contributed by atoms with van der Waals surface area (Å²) in [5.74, 6) is 0.711. The fourth-order valence-corrected chi connectivity index (χ4v) is 2.83. The highest BCUT2D eigenvalue weighted by Gasteiger charge is 2.14. The number of para-hydroxylation sites is 1. The van der Waals surface area contributed by atoms with Crippen molar-refractivity contribution in [2.24, 2.45) is 0 Å². The summed E-state index contributed by atoms with van der Waals surface area (Å²) < 4.78 is 4.25. The average Bonchev–Trinajstić information content (AvgIpc) is 2.77. The zero-order valence-corrected chi connectivity index (χ0v) is 15.3. The molecule has 24 heavy (non-hydrogen) atoms. The van der Waals surface area contributed by atoms with E-state index in [4.69, 9.17) is 23.8 Å². The number of carbonyl (C=O) groups is 1. The van der Waals surface area contributed by atoms with Gasteiger partial charge in [-0.25, -0.2) is 0 Å². The monoisotopic (exact) mass is 366 g/mol. The van der Waals surface area contributed by atoms with Crippen LogP contribution in [-0.4, -0.2) is 33.8 Å². The number of aryl methyl sites for hydroxylation is 1. The lowest BCUT2D eigenvalue weighted by atomic mass is 10.3. The Hall–Kier alpha value is -1.96. The van der Waals surface area contributed by atoms with Crippen molar-refractivity contribution in [1.29, 1.82) is 0 Å². The summed E-state index contributed by atoms with van der Waals surface area (Å²) >= 11 is 11.5. The second-order valence-electron chi connectivity index (χ2n) is 5.55. The number of hydrogen-bond acceptors (Lipinski definition) is 3. The molecule has 1 aromatic carbocycles. The average molecular weight is 367 g/mol. The van der Waals surface area contributed by atoms with E-state index in [-0.39, 0.29) is 12.5 Å². The van der Waals surface area contributed by atoms with Gasteiger partial charge in [-0.15, -0.1) is 6.58 Å². The Morgan fingerprint density at radius 1 is 1.50 bits per heavy atom. The first kappa shape index (κ1) is 18.4. The van der Waals surface area contributed by atoms with Crippen molar-refractivity contribution in [1.82, 2.24) is 14.3 Å². The lowest BCUT2D eigenvalue weighted by Crippen LogP contribution is -3.09. The van der Waals surface area contributed by atoms with Crippen LogP contribution in [0.15, 0.2) is 36.9 Å². The molecule has 2 rings (SSSR count). The van der Waals surface area contributed by atoms with E-state index in [1.54, 1.807) is 22.9 Å². The van der Waals surface area contributed by atoms with Gasteiger partial charge in [0.1, 0.15) is 5.82 Å². The Morgan fingerprint density at radius 3 is 2.88 bits per heavy atom. The number of aromatic nitrogens is 3. The van der Waals surface area contributed by atoms with Crippen molar-refractivity contribution in [3.8, 4) is 0 Å². The Kier molecular flexibility index (Phi) is 6.30. The number of amides is 1. The van der Waals surface area contributed by atoms with E-state index >= 15 is 0 Å². The number of anilines is 1. The zero-order valence-electron chi connectivity index (χ0n) is 13.8. The first-order valence-electron chi connectivity index (χ1n) is 7.53. The summed E-state index contributed by atoms with van der Waals surface area (Å²) in [4.78, 5) is 13.1. The van der Waals surface area contributed by atoms with Crippen LogP contribution in [0.1, 0.15) is 5.82 Å². The van der Waals surface area contributed by atoms with E-state index in [0.717, 1.165) is 10.7 Å². The van der Waals surface area contributed by atoms with Crippen LogP contribution in [0.4, 0.5) is 5.69 Å². The molecule has 1 atom stereocenters. The lowest BCUT2D eigenvalue weighted by Gasteiger charge is -2.14. The SMILES string of the molecule is C=CCn1c(C)nn(C[NH+](C)CC(=O)Nc2ccccc2Cl)c1=S. The van der Waals surface area contributed by atoms with Gasteiger partial charge in [0, 0.05) is 6.54 Å². The molecule has 0 saturated heterocycles. The zero-order chi connectivity index (χ0) is 17.7. The van der Waals surface area contributed by atoms with Crippen molar-refractivity contribution in [2.45, 2.75) is 20.1 Å². The minimum Gasteiger partial charge on any atom is -0.320 e. The van der Waals surface area contributed by atoms with Gasteiger partial charge in [0.2, 0.25) is 4.77 Å². The van der Waals surface area contributed by atoms with Crippen LogP contribution in [0.2, 0.25) is 5.02 Å². The van der Waals surface area contributed by atoms with E-state index in [2.05, 4.69) is 17.0 Å². The van der Waals surface area contributed by atoms with Gasteiger partial charge >= 0.3 is 0 Å². The smallest absolute Gasteiger partial charge is 0.279 e. The first-order valence-corrected chi connectivity index (χ1v) is 8.31. The standard InChI is InChI=1S/C16H20ClN5OS/c1-4-9-21-12(2)19-22(16(21)24)11-20(3)10-15(23)18-14-8-6-5-7-13(14)17/h4-8H,1,9-11H2,2-3H3,(H,18,23)/p+1. The number of rotatable bonds is 7. The predicted molar refractivity (Wildman–Crippen MR) is 97.8 cm³/mol. The van der Waals surface area contributed by atoms with Crippen molar-refractivity contribution in [2.75, 3.05) is 18.9 Å². The maximum absolute atomic E-state index is 12.2. The van der Waals surface area contributed by atoms with Crippen LogP contribution < -0.4 is 10.2 Å². The van der Waals surface area contributed by atoms with Gasteiger partial charge in [0.15, 0.2) is 13.2 Å². The van der Waals surface area contributed by atoms with Crippen LogP contribution in [0, 0.1) is 11.7 Å². The number of halogens is 1. The summed E-state index contributed by atoms with van der Waals surface area (Å²) in [5, 5.41) is 7.76. The number of hydrogen-bond donors (Lipinski definition) is 2. The van der Waals surface area contributed by atoms with Crippen molar-refractivity contribution in [3.05, 3.63) is 52.5 Å². The molecule has 0 aliphatic carbocycles. The molecule has 0 saturated carbocycles. The second kappa shape index (κ2) is 8.23. The molecule has 0 spiro atoms. The second-order valence-corrected chi connectivity index (χ2v) is 6.32. The Morgan fingerprint density at radius 2 is 2.21 bits per heavy atom. The molecule has 0 aliphatic rings. The molecule has 1 unspecified atom stereocenters. The Bertz CT molecular complexity index is 798. The van der Waals surface area contributed by atoms with Gasteiger partial charge in [-0.2, -0.15) is 9.78 Å². The maximum atomic E-state index is 12.2. The van der Waals surface area contributed by atoms with Gasteiger partial charge in [-0.1, -0.05) is 29.8 Å². The van der Waals surface area contributed by atoms with Crippen LogP contribution in [-0.2, 0) is 18.0 Å². The number of allylic oxidation sites excluding steroid dienone is 1. The molecule has 0 radical (unpaired) electrons. The van der Waals surface area contributed by atoms with Crippen LogP contribution >= 0.6 is 23.8 Å². The van der Waals surface area contributed by atoms with E-state index in [9.17, 15) is 4.79 Å². The molecule has 6 nitrogen and oxygen atoms in total. The minimum absolute atomic E-state index is 0.116. The summed E-state index contributed by atoms with van der Waals surface area (Å²) in [5.41, 5.74) is 0.611. The van der Waals surface area contributed by atoms with Gasteiger partial charge in [-0.05, 0) is 31.3 Å². The molecule has 2 aromatic rings. The molecule has 0 bridgehead atoms. The van der Waals surface area contributed by atoms with Crippen molar-refractivity contribution < 1.29 is 9.69 Å². The normalized spacial score (nSPS) is 12.0. The van der Waals surface area contributed by atoms with E-state index < -0.39 is 0 Å². The molecule has 8 heteroatoms. The summed E-state index contributed by atoms with van der Waals surface area (Å²) in [7, 11) is 1.91. The van der Waals surface area contributed by atoms with Crippen LogP contribution in [0.5, 0.6) is 0 Å². The van der Waals surface area contributed by atoms with E-state index in [1.165, 1.54) is 0 Å². The minimum atomic E-state index is -0.116.